The average molecular weight is 279 g/mol. The zero-order valence-electron chi connectivity index (χ0n) is 11.1. The minimum absolute atomic E-state index is 0.0215. The van der Waals surface area contributed by atoms with E-state index in [2.05, 4.69) is 14.9 Å². The van der Waals surface area contributed by atoms with Crippen LogP contribution >= 0.6 is 0 Å². The molecule has 7 heteroatoms. The summed E-state index contributed by atoms with van der Waals surface area (Å²) in [6, 6.07) is 4.07. The van der Waals surface area contributed by atoms with Crippen molar-refractivity contribution in [1.29, 1.82) is 0 Å². The Hall–Kier alpha value is -2.12. The van der Waals surface area contributed by atoms with Gasteiger partial charge >= 0.3 is 0 Å². The van der Waals surface area contributed by atoms with Crippen molar-refractivity contribution in [2.24, 2.45) is 0 Å². The number of carbonyl (C=O) groups excluding carboxylic acids is 1. The van der Waals surface area contributed by atoms with E-state index in [4.69, 9.17) is 0 Å². The van der Waals surface area contributed by atoms with Crippen LogP contribution in [0.1, 0.15) is 35.7 Å². The Labute approximate surface area is 114 Å². The molecule has 1 aromatic heterocycles. The number of rotatable bonds is 5. The van der Waals surface area contributed by atoms with Crippen LogP contribution in [0.5, 0.6) is 0 Å². The van der Waals surface area contributed by atoms with Crippen molar-refractivity contribution in [2.75, 3.05) is 7.11 Å². The number of halogens is 1. The molecule has 0 saturated carbocycles. The third-order valence-electron chi connectivity index (χ3n) is 2.80. The van der Waals surface area contributed by atoms with Gasteiger partial charge in [-0.3, -0.25) is 4.79 Å². The second-order valence-electron chi connectivity index (χ2n) is 4.09. The van der Waals surface area contributed by atoms with E-state index in [0.29, 0.717) is 12.1 Å². The van der Waals surface area contributed by atoms with Crippen molar-refractivity contribution in [3.63, 3.8) is 0 Å². The smallest absolute Gasteiger partial charge is 0.184 e. The van der Waals surface area contributed by atoms with E-state index in [-0.39, 0.29) is 17.0 Å². The lowest BCUT2D eigenvalue weighted by molar-refractivity contribution is -0.0790. The van der Waals surface area contributed by atoms with Gasteiger partial charge in [0.05, 0.1) is 11.9 Å². The number of aromatic nitrogens is 3. The van der Waals surface area contributed by atoms with Crippen molar-refractivity contribution in [2.45, 2.75) is 19.6 Å². The van der Waals surface area contributed by atoms with Gasteiger partial charge in [-0.1, -0.05) is 6.92 Å². The van der Waals surface area contributed by atoms with Crippen LogP contribution in [0.25, 0.3) is 5.69 Å². The molecule has 0 fully saturated rings. The molecule has 106 valence electrons. The van der Waals surface area contributed by atoms with Crippen molar-refractivity contribution < 1.29 is 19.0 Å². The molecular formula is C13H14FN3O3. The number of aliphatic hydroxyl groups excluding tert-OH is 1. The van der Waals surface area contributed by atoms with Crippen LogP contribution < -0.4 is 0 Å². The quantitative estimate of drug-likeness (QED) is 0.665. The number of ether oxygens (including phenoxy) is 1. The van der Waals surface area contributed by atoms with Gasteiger partial charge in [0.25, 0.3) is 0 Å². The van der Waals surface area contributed by atoms with Gasteiger partial charge in [-0.2, -0.15) is 9.90 Å². The molecule has 0 aliphatic heterocycles. The highest BCUT2D eigenvalue weighted by atomic mass is 19.1. The lowest BCUT2D eigenvalue weighted by Crippen LogP contribution is -2.06. The van der Waals surface area contributed by atoms with Crippen molar-refractivity contribution >= 4 is 5.78 Å². The van der Waals surface area contributed by atoms with Crippen molar-refractivity contribution in [1.82, 2.24) is 15.0 Å². The molecule has 0 radical (unpaired) electrons. The van der Waals surface area contributed by atoms with Crippen LogP contribution in [0, 0.1) is 5.82 Å². The summed E-state index contributed by atoms with van der Waals surface area (Å²) in [5.41, 5.74) is 0.604. The van der Waals surface area contributed by atoms with Crippen molar-refractivity contribution in [3.8, 4) is 5.69 Å². The van der Waals surface area contributed by atoms with E-state index in [1.807, 2.05) is 0 Å². The fraction of sp³-hybridized carbons (Fsp3) is 0.308. The topological polar surface area (TPSA) is 77.2 Å². The number of hydrogen-bond acceptors (Lipinski definition) is 5. The first-order valence-corrected chi connectivity index (χ1v) is 6.03. The third-order valence-corrected chi connectivity index (χ3v) is 2.80. The summed E-state index contributed by atoms with van der Waals surface area (Å²) in [5.74, 6) is -0.777. The number of ketones is 1. The normalized spacial score (nSPS) is 12.4. The van der Waals surface area contributed by atoms with Gasteiger partial charge in [0.15, 0.2) is 12.1 Å². The molecule has 6 nitrogen and oxygen atoms in total. The highest BCUT2D eigenvalue weighted by Crippen LogP contribution is 2.20. The minimum Gasteiger partial charge on any atom is -0.364 e. The molecule has 1 heterocycles. The highest BCUT2D eigenvalue weighted by molar-refractivity contribution is 5.93. The summed E-state index contributed by atoms with van der Waals surface area (Å²) in [4.78, 5) is 12.6. The Balaban J connectivity index is 2.32. The molecule has 0 aliphatic rings. The standard InChI is InChI=1S/C13H14FN3O3/c1-3-12(18)11-7-15-17(16-11)8-4-5-9(10(14)6-8)13(19)20-2/h4-7,13,19H,3H2,1-2H3. The summed E-state index contributed by atoms with van der Waals surface area (Å²) in [6.07, 6.45) is 0.333. The van der Waals surface area contributed by atoms with Crippen LogP contribution in [0.15, 0.2) is 24.4 Å². The molecule has 0 saturated heterocycles. The second kappa shape index (κ2) is 5.89. The van der Waals surface area contributed by atoms with Gasteiger partial charge < -0.3 is 9.84 Å². The SMILES string of the molecule is CCC(=O)c1cnn(-c2ccc(C(O)OC)c(F)c2)n1. The molecule has 0 bridgehead atoms. The highest BCUT2D eigenvalue weighted by Gasteiger charge is 2.14. The van der Waals surface area contributed by atoms with E-state index in [1.54, 1.807) is 6.92 Å². The van der Waals surface area contributed by atoms with Gasteiger partial charge in [0, 0.05) is 25.2 Å². The zero-order valence-corrected chi connectivity index (χ0v) is 11.1. The summed E-state index contributed by atoms with van der Waals surface area (Å²) in [5, 5.41) is 17.3. The third kappa shape index (κ3) is 2.73. The van der Waals surface area contributed by atoms with E-state index >= 15 is 0 Å². The zero-order chi connectivity index (χ0) is 14.7. The maximum atomic E-state index is 13.8. The first-order valence-electron chi connectivity index (χ1n) is 6.03. The number of benzene rings is 1. The Morgan fingerprint density at radius 1 is 1.55 bits per heavy atom. The average Bonchev–Trinajstić information content (AvgIpc) is 2.95. The molecule has 20 heavy (non-hydrogen) atoms. The Morgan fingerprint density at radius 3 is 2.90 bits per heavy atom. The number of aliphatic hydroxyl groups is 1. The molecule has 1 atom stereocenters. The van der Waals surface area contributed by atoms with E-state index < -0.39 is 12.1 Å². The Bertz CT molecular complexity index is 627. The fourth-order valence-corrected chi connectivity index (χ4v) is 1.66. The molecule has 0 amide bonds. The second-order valence-corrected chi connectivity index (χ2v) is 4.09. The number of Topliss-reactive ketones (excluding diaryl/α,β-unsaturated/α-hetero) is 1. The molecule has 0 spiro atoms. The number of nitrogens with zero attached hydrogens (tertiary/aromatic N) is 3. The first kappa shape index (κ1) is 14.3. The Morgan fingerprint density at radius 2 is 2.30 bits per heavy atom. The predicted octanol–water partition coefficient (Wildman–Crippen LogP) is 1.64. The van der Waals surface area contributed by atoms with E-state index in [9.17, 15) is 14.3 Å². The monoisotopic (exact) mass is 279 g/mol. The summed E-state index contributed by atoms with van der Waals surface area (Å²) in [6.45, 7) is 1.72. The maximum Gasteiger partial charge on any atom is 0.184 e. The van der Waals surface area contributed by atoms with E-state index in [1.165, 1.54) is 25.4 Å². The molecule has 1 unspecified atom stereocenters. The molecule has 1 aromatic carbocycles. The molecule has 0 aliphatic carbocycles. The van der Waals surface area contributed by atoms with Gasteiger partial charge in [-0.05, 0) is 12.1 Å². The minimum atomic E-state index is -1.33. The first-order chi connectivity index (χ1) is 9.56. The molecule has 2 rings (SSSR count). The van der Waals surface area contributed by atoms with Gasteiger partial charge in [0.2, 0.25) is 0 Å². The lowest BCUT2D eigenvalue weighted by atomic mass is 10.2. The van der Waals surface area contributed by atoms with Crippen LogP contribution in [0.3, 0.4) is 0 Å². The maximum absolute atomic E-state index is 13.8. The number of methoxy groups -OCH3 is 1. The van der Waals surface area contributed by atoms with Gasteiger partial charge in [0.1, 0.15) is 11.5 Å². The molecule has 2 aromatic rings. The summed E-state index contributed by atoms with van der Waals surface area (Å²) in [7, 11) is 1.27. The summed E-state index contributed by atoms with van der Waals surface area (Å²) >= 11 is 0. The Kier molecular flexibility index (Phi) is 4.21. The fourth-order valence-electron chi connectivity index (χ4n) is 1.66. The van der Waals surface area contributed by atoms with Gasteiger partial charge in [-0.25, -0.2) is 4.39 Å². The van der Waals surface area contributed by atoms with Crippen molar-refractivity contribution in [3.05, 3.63) is 41.5 Å². The van der Waals surface area contributed by atoms with Crippen LogP contribution in [-0.4, -0.2) is 33.0 Å². The lowest BCUT2D eigenvalue weighted by Gasteiger charge is -2.10. The number of hydrogen-bond donors (Lipinski definition) is 1. The number of carbonyl (C=O) groups is 1. The van der Waals surface area contributed by atoms with Crippen LogP contribution in [-0.2, 0) is 4.74 Å². The molecular weight excluding hydrogens is 265 g/mol. The van der Waals surface area contributed by atoms with E-state index in [0.717, 1.165) is 10.9 Å². The van der Waals surface area contributed by atoms with Crippen LogP contribution in [0.2, 0.25) is 0 Å². The van der Waals surface area contributed by atoms with Crippen LogP contribution in [0.4, 0.5) is 4.39 Å². The predicted molar refractivity (Wildman–Crippen MR) is 67.9 cm³/mol. The van der Waals surface area contributed by atoms with Gasteiger partial charge in [-0.15, -0.1) is 5.10 Å². The molecule has 1 N–H and O–H groups in total. The summed E-state index contributed by atoms with van der Waals surface area (Å²) < 4.78 is 18.5. The largest absolute Gasteiger partial charge is 0.364 e.